The number of phenols is 2. The van der Waals surface area contributed by atoms with Crippen LogP contribution in [0, 0.1) is 0 Å². The van der Waals surface area contributed by atoms with E-state index in [1.54, 1.807) is 42.5 Å². The van der Waals surface area contributed by atoms with Crippen molar-refractivity contribution in [3.63, 3.8) is 0 Å². The van der Waals surface area contributed by atoms with Crippen LogP contribution in [0.15, 0.2) is 42.5 Å². The molecule has 1 fully saturated rings. The highest BCUT2D eigenvalue weighted by Gasteiger charge is 2.45. The van der Waals surface area contributed by atoms with Gasteiger partial charge < -0.3 is 39.7 Å². The van der Waals surface area contributed by atoms with Crippen LogP contribution in [0.2, 0.25) is 0 Å². The molecule has 0 spiro atoms. The van der Waals surface area contributed by atoms with Crippen LogP contribution in [0.1, 0.15) is 82.3 Å². The van der Waals surface area contributed by atoms with Crippen LogP contribution < -0.4 is 4.74 Å². The van der Waals surface area contributed by atoms with Crippen LogP contribution in [0.5, 0.6) is 17.2 Å². The molecule has 0 amide bonds. The van der Waals surface area contributed by atoms with Gasteiger partial charge in [-0.2, -0.15) is 0 Å². The third kappa shape index (κ3) is 11.0. The summed E-state index contributed by atoms with van der Waals surface area (Å²) in [5.41, 5.74) is 1.41. The lowest BCUT2D eigenvalue weighted by atomic mass is 9.99. The molecule has 1 saturated heterocycles. The summed E-state index contributed by atoms with van der Waals surface area (Å²) in [6, 6.07) is 11.0. The third-order valence-electron chi connectivity index (χ3n) is 7.09. The Kier molecular flexibility index (Phi) is 13.4. The number of phenolic OH excluding ortho intramolecular Hbond substituents is 2. The van der Waals surface area contributed by atoms with E-state index >= 15 is 0 Å². The van der Waals surface area contributed by atoms with E-state index in [2.05, 4.69) is 6.92 Å². The molecule has 0 bridgehead atoms. The lowest BCUT2D eigenvalue weighted by Crippen LogP contribution is -2.60. The number of benzene rings is 2. The molecule has 41 heavy (non-hydrogen) atoms. The van der Waals surface area contributed by atoms with Crippen LogP contribution >= 0.6 is 0 Å². The van der Waals surface area contributed by atoms with E-state index in [1.165, 1.54) is 44.2 Å². The van der Waals surface area contributed by atoms with Gasteiger partial charge in [0.2, 0.25) is 6.29 Å². The molecule has 9 nitrogen and oxygen atoms in total. The highest BCUT2D eigenvalue weighted by Crippen LogP contribution is 2.29. The minimum atomic E-state index is -1.60. The minimum Gasteiger partial charge on any atom is -0.508 e. The van der Waals surface area contributed by atoms with Crippen molar-refractivity contribution >= 4 is 18.1 Å². The second-order valence-corrected chi connectivity index (χ2v) is 10.6. The average Bonchev–Trinajstić information content (AvgIpc) is 2.95. The summed E-state index contributed by atoms with van der Waals surface area (Å²) in [4.78, 5) is 12.2. The normalized spacial score (nSPS) is 22.6. The number of ether oxygens (including phenoxy) is 3. The standard InChI is InChI=1S/C32H44O9/c1-2-3-4-5-6-7-8-9-10-11-28(35)39-21-27-29(36)30(37)31(38)32(41-27)40-26-19-23(18-25(34)20-26)13-12-22-14-16-24(33)17-15-22/h12-20,27,29-34,36-38H,2-11,21H2,1H3/b13-12+/t27-,29-,30+,31-,32-/m1/s1. The number of hydrogen-bond donors (Lipinski definition) is 5. The zero-order chi connectivity index (χ0) is 29.6. The lowest BCUT2D eigenvalue weighted by Gasteiger charge is -2.39. The number of aromatic hydroxyl groups is 2. The van der Waals surface area contributed by atoms with Crippen molar-refractivity contribution in [3.05, 3.63) is 53.6 Å². The monoisotopic (exact) mass is 572 g/mol. The van der Waals surface area contributed by atoms with E-state index in [0.717, 1.165) is 31.2 Å². The summed E-state index contributed by atoms with van der Waals surface area (Å²) in [5.74, 6) is -0.204. The Labute approximate surface area is 242 Å². The fourth-order valence-corrected chi connectivity index (χ4v) is 4.66. The van der Waals surface area contributed by atoms with Gasteiger partial charge in [-0.3, -0.25) is 4.79 Å². The molecule has 1 aliphatic heterocycles. The molecule has 0 unspecified atom stereocenters. The maximum Gasteiger partial charge on any atom is 0.305 e. The van der Waals surface area contributed by atoms with Gasteiger partial charge in [-0.15, -0.1) is 0 Å². The Bertz CT molecular complexity index is 1090. The number of aliphatic hydroxyl groups is 3. The first-order chi connectivity index (χ1) is 19.8. The lowest BCUT2D eigenvalue weighted by molar-refractivity contribution is -0.278. The number of carbonyl (C=O) groups excluding carboxylic acids is 1. The predicted molar refractivity (Wildman–Crippen MR) is 155 cm³/mol. The van der Waals surface area contributed by atoms with E-state index in [1.807, 2.05) is 0 Å². The average molecular weight is 573 g/mol. The van der Waals surface area contributed by atoms with E-state index < -0.39 is 36.7 Å². The Balaban J connectivity index is 1.48. The van der Waals surface area contributed by atoms with Crippen LogP contribution in [-0.4, -0.2) is 68.8 Å². The molecule has 1 aliphatic rings. The molecule has 0 radical (unpaired) electrons. The Morgan fingerprint density at radius 1 is 0.780 bits per heavy atom. The smallest absolute Gasteiger partial charge is 0.305 e. The zero-order valence-electron chi connectivity index (χ0n) is 23.7. The molecule has 3 rings (SSSR count). The fourth-order valence-electron chi connectivity index (χ4n) is 4.66. The first-order valence-corrected chi connectivity index (χ1v) is 14.6. The number of rotatable bonds is 16. The summed E-state index contributed by atoms with van der Waals surface area (Å²) in [6.45, 7) is 1.90. The van der Waals surface area contributed by atoms with Crippen LogP contribution in [-0.2, 0) is 14.3 Å². The molecular formula is C32H44O9. The SMILES string of the molecule is CCCCCCCCCCCC(=O)OC[C@H]1O[C@@H](Oc2cc(O)cc(/C=C/c3ccc(O)cc3)c2)[C@H](O)[C@@H](O)[C@@H]1O. The molecule has 9 heteroatoms. The largest absolute Gasteiger partial charge is 0.508 e. The van der Waals surface area contributed by atoms with E-state index in [9.17, 15) is 30.3 Å². The molecule has 2 aromatic carbocycles. The van der Waals surface area contributed by atoms with Gasteiger partial charge in [-0.25, -0.2) is 0 Å². The predicted octanol–water partition coefficient (Wildman–Crippen LogP) is 4.92. The van der Waals surface area contributed by atoms with Gasteiger partial charge >= 0.3 is 5.97 Å². The number of carbonyl (C=O) groups is 1. The summed E-state index contributed by atoms with van der Waals surface area (Å²) < 4.78 is 16.7. The molecule has 1 heterocycles. The molecule has 0 aliphatic carbocycles. The van der Waals surface area contributed by atoms with Crippen molar-refractivity contribution in [2.75, 3.05) is 6.61 Å². The van der Waals surface area contributed by atoms with Crippen LogP contribution in [0.4, 0.5) is 0 Å². The molecule has 5 atom stereocenters. The zero-order valence-corrected chi connectivity index (χ0v) is 23.7. The minimum absolute atomic E-state index is 0.0966. The van der Waals surface area contributed by atoms with E-state index in [0.29, 0.717) is 5.56 Å². The van der Waals surface area contributed by atoms with Gasteiger partial charge in [0.05, 0.1) is 0 Å². The van der Waals surface area contributed by atoms with Crippen molar-refractivity contribution in [3.8, 4) is 17.2 Å². The van der Waals surface area contributed by atoms with Crippen molar-refractivity contribution in [1.29, 1.82) is 0 Å². The molecule has 226 valence electrons. The number of hydrogen-bond acceptors (Lipinski definition) is 9. The van der Waals surface area contributed by atoms with E-state index in [-0.39, 0.29) is 30.3 Å². The van der Waals surface area contributed by atoms with E-state index in [4.69, 9.17) is 14.2 Å². The quantitative estimate of drug-likeness (QED) is 0.107. The summed E-state index contributed by atoms with van der Waals surface area (Å²) in [5, 5.41) is 50.8. The molecule has 2 aromatic rings. The Hall–Kier alpha value is -3.11. The second-order valence-electron chi connectivity index (χ2n) is 10.6. The Morgan fingerprint density at radius 3 is 2.10 bits per heavy atom. The Morgan fingerprint density at radius 2 is 1.41 bits per heavy atom. The summed E-state index contributed by atoms with van der Waals surface area (Å²) in [6.07, 6.45) is 6.79. The van der Waals surface area contributed by atoms with Crippen molar-refractivity contribution < 1.29 is 44.5 Å². The topological polar surface area (TPSA) is 146 Å². The van der Waals surface area contributed by atoms with Crippen molar-refractivity contribution in [2.24, 2.45) is 0 Å². The highest BCUT2D eigenvalue weighted by molar-refractivity contribution is 5.71. The second kappa shape index (κ2) is 17.0. The molecule has 0 saturated carbocycles. The van der Waals surface area contributed by atoms with Gasteiger partial charge in [-0.1, -0.05) is 82.6 Å². The number of esters is 1. The number of unbranched alkanes of at least 4 members (excludes halogenated alkanes) is 8. The fraction of sp³-hybridized carbons (Fsp3) is 0.531. The van der Waals surface area contributed by atoms with Crippen molar-refractivity contribution in [2.45, 2.75) is 102 Å². The first-order valence-electron chi connectivity index (χ1n) is 14.6. The molecule has 0 aromatic heterocycles. The van der Waals surface area contributed by atoms with Gasteiger partial charge in [0.25, 0.3) is 0 Å². The third-order valence-corrected chi connectivity index (χ3v) is 7.09. The maximum absolute atomic E-state index is 12.2. The van der Waals surface area contributed by atoms with Gasteiger partial charge in [0.1, 0.15) is 48.3 Å². The van der Waals surface area contributed by atoms with Gasteiger partial charge in [0, 0.05) is 12.5 Å². The molecule has 5 N–H and O–H groups in total. The maximum atomic E-state index is 12.2. The first kappa shape index (κ1) is 32.4. The summed E-state index contributed by atoms with van der Waals surface area (Å²) >= 11 is 0. The van der Waals surface area contributed by atoms with Gasteiger partial charge in [0.15, 0.2) is 0 Å². The van der Waals surface area contributed by atoms with Gasteiger partial charge in [-0.05, 0) is 41.8 Å². The van der Waals surface area contributed by atoms with Crippen LogP contribution in [0.3, 0.4) is 0 Å². The number of aliphatic hydroxyl groups excluding tert-OH is 3. The van der Waals surface area contributed by atoms with Crippen LogP contribution in [0.25, 0.3) is 12.2 Å². The summed E-state index contributed by atoms with van der Waals surface area (Å²) in [7, 11) is 0. The molecular weight excluding hydrogens is 528 g/mol. The highest BCUT2D eigenvalue weighted by atomic mass is 16.7. The van der Waals surface area contributed by atoms with Crippen molar-refractivity contribution in [1.82, 2.24) is 0 Å².